The number of aliphatic hydroxyl groups is 1. The summed E-state index contributed by atoms with van der Waals surface area (Å²) in [6, 6.07) is 10.8. The van der Waals surface area contributed by atoms with E-state index in [2.05, 4.69) is 67.8 Å². The molecule has 3 heteroatoms. The Morgan fingerprint density at radius 2 is 2.03 bits per heavy atom. The van der Waals surface area contributed by atoms with E-state index in [0.29, 0.717) is 24.1 Å². The van der Waals surface area contributed by atoms with E-state index >= 15 is 0 Å². The molecular weight excluding hydrogens is 380 g/mol. The molecule has 3 rings (SSSR count). The fourth-order valence-corrected chi connectivity index (χ4v) is 4.25. The third-order valence-electron chi connectivity index (χ3n) is 6.13. The molecule has 0 bridgehead atoms. The van der Waals surface area contributed by atoms with Gasteiger partial charge < -0.3 is 10.0 Å². The van der Waals surface area contributed by atoms with Crippen LogP contribution in [0.15, 0.2) is 66.5 Å². The zero-order valence-electron chi connectivity index (χ0n) is 19.0. The Balaban J connectivity index is 1.67. The Labute approximate surface area is 187 Å². The van der Waals surface area contributed by atoms with Crippen molar-refractivity contribution in [2.45, 2.75) is 46.6 Å². The lowest BCUT2D eigenvalue weighted by Gasteiger charge is -2.36. The zero-order chi connectivity index (χ0) is 22.6. The van der Waals surface area contributed by atoms with E-state index in [4.69, 9.17) is 5.26 Å². The minimum absolute atomic E-state index is 0.178. The molecule has 0 aromatic heterocycles. The van der Waals surface area contributed by atoms with Gasteiger partial charge in [-0.1, -0.05) is 55.7 Å². The first kappa shape index (κ1) is 22.7. The van der Waals surface area contributed by atoms with Crippen LogP contribution in [0.25, 0.3) is 5.57 Å². The van der Waals surface area contributed by atoms with Crippen molar-refractivity contribution >= 4 is 5.57 Å². The highest BCUT2D eigenvalue weighted by molar-refractivity contribution is 5.75. The van der Waals surface area contributed by atoms with Gasteiger partial charge in [0, 0.05) is 29.6 Å². The summed E-state index contributed by atoms with van der Waals surface area (Å²) in [5, 5.41) is 19.0. The fraction of sp³-hybridized carbons (Fsp3) is 0.393. The van der Waals surface area contributed by atoms with Crippen LogP contribution >= 0.6 is 0 Å². The molecule has 1 unspecified atom stereocenters. The highest BCUT2D eigenvalue weighted by Crippen LogP contribution is 2.44. The van der Waals surface area contributed by atoms with Crippen LogP contribution in [0.2, 0.25) is 0 Å². The molecule has 3 nitrogen and oxygen atoms in total. The van der Waals surface area contributed by atoms with Crippen molar-refractivity contribution in [3.05, 3.63) is 77.7 Å². The minimum Gasteiger partial charge on any atom is -0.387 e. The molecule has 1 N–H and O–H groups in total. The van der Waals surface area contributed by atoms with Gasteiger partial charge in [-0.05, 0) is 68.7 Å². The predicted octanol–water partition coefficient (Wildman–Crippen LogP) is 5.67. The number of nitrogens with zero attached hydrogens (tertiary/aromatic N) is 2. The number of hydrogen-bond acceptors (Lipinski definition) is 3. The van der Waals surface area contributed by atoms with Gasteiger partial charge in [-0.25, -0.2) is 0 Å². The van der Waals surface area contributed by atoms with Crippen LogP contribution in [-0.4, -0.2) is 22.7 Å². The van der Waals surface area contributed by atoms with Gasteiger partial charge in [0.05, 0.1) is 17.6 Å². The Bertz CT molecular complexity index is 1020. The summed E-state index contributed by atoms with van der Waals surface area (Å²) < 4.78 is 0. The van der Waals surface area contributed by atoms with Gasteiger partial charge >= 0.3 is 0 Å². The highest BCUT2D eigenvalue weighted by Gasteiger charge is 2.39. The monoisotopic (exact) mass is 412 g/mol. The standard InChI is InChI=1S/C28H32N2O/c1-6-13-30(21(3)22(4)31)18-25-14-20(2)27(15-25)26-11-9-23(10-12-26)7-8-24-16-28(5,17-24)19-29/h6,9-15,20,22,24,31H,3,16-18H2,1-2,4-5H3/b13-6-/t20?,22-,24?,28?/m0/s1. The Kier molecular flexibility index (Phi) is 6.89. The first-order chi connectivity index (χ1) is 14.7. The van der Waals surface area contributed by atoms with Crippen molar-refractivity contribution in [1.82, 2.24) is 4.90 Å². The summed E-state index contributed by atoms with van der Waals surface area (Å²) >= 11 is 0. The topological polar surface area (TPSA) is 47.3 Å². The lowest BCUT2D eigenvalue weighted by atomic mass is 9.64. The second-order valence-corrected chi connectivity index (χ2v) is 9.03. The number of nitriles is 1. The molecule has 0 radical (unpaired) electrons. The van der Waals surface area contributed by atoms with Crippen molar-refractivity contribution < 1.29 is 5.11 Å². The molecule has 2 aliphatic carbocycles. The van der Waals surface area contributed by atoms with E-state index in [1.165, 1.54) is 16.7 Å². The van der Waals surface area contributed by atoms with Crippen molar-refractivity contribution in [2.24, 2.45) is 17.3 Å². The number of allylic oxidation sites excluding steroid dienone is 3. The Hall–Kier alpha value is -3.01. The van der Waals surface area contributed by atoms with Gasteiger partial charge in [-0.15, -0.1) is 0 Å². The lowest BCUT2D eigenvalue weighted by Crippen LogP contribution is -2.32. The van der Waals surface area contributed by atoms with Gasteiger partial charge in [-0.2, -0.15) is 5.26 Å². The van der Waals surface area contributed by atoms with Crippen LogP contribution in [-0.2, 0) is 0 Å². The molecule has 1 aromatic carbocycles. The van der Waals surface area contributed by atoms with E-state index in [1.807, 2.05) is 31.0 Å². The first-order valence-electron chi connectivity index (χ1n) is 11.0. The van der Waals surface area contributed by atoms with Crippen molar-refractivity contribution in [1.29, 1.82) is 5.26 Å². The van der Waals surface area contributed by atoms with E-state index in [0.717, 1.165) is 18.4 Å². The maximum atomic E-state index is 9.90. The summed E-state index contributed by atoms with van der Waals surface area (Å²) in [4.78, 5) is 2.00. The van der Waals surface area contributed by atoms with Crippen LogP contribution in [0.3, 0.4) is 0 Å². The summed E-state index contributed by atoms with van der Waals surface area (Å²) in [7, 11) is 0. The molecule has 31 heavy (non-hydrogen) atoms. The summed E-state index contributed by atoms with van der Waals surface area (Å²) in [5.74, 6) is 7.26. The third kappa shape index (κ3) is 5.38. The third-order valence-corrected chi connectivity index (χ3v) is 6.13. The second-order valence-electron chi connectivity index (χ2n) is 9.03. The number of aliphatic hydroxyl groups excluding tert-OH is 1. The molecule has 0 amide bonds. The van der Waals surface area contributed by atoms with Crippen molar-refractivity contribution in [2.75, 3.05) is 6.54 Å². The molecule has 1 aromatic rings. The average molecular weight is 413 g/mol. The quantitative estimate of drug-likeness (QED) is 0.613. The second kappa shape index (κ2) is 9.42. The molecule has 2 aliphatic rings. The van der Waals surface area contributed by atoms with Crippen LogP contribution in [0.5, 0.6) is 0 Å². The molecule has 0 saturated heterocycles. The molecular formula is C28H32N2O. The zero-order valence-corrected chi connectivity index (χ0v) is 19.0. The van der Waals surface area contributed by atoms with Gasteiger partial charge in [0.1, 0.15) is 0 Å². The SMILES string of the molecule is C=C([C@H](C)O)N(/C=C\C)CC1=CC(C)C(c2ccc(C#CC3CC(C)(C#N)C3)cc2)=C1. The average Bonchev–Trinajstić information content (AvgIpc) is 3.09. The van der Waals surface area contributed by atoms with Crippen LogP contribution in [0.1, 0.15) is 51.7 Å². The molecule has 1 saturated carbocycles. The Morgan fingerprint density at radius 1 is 1.35 bits per heavy atom. The number of benzene rings is 1. The fourth-order valence-electron chi connectivity index (χ4n) is 4.25. The largest absolute Gasteiger partial charge is 0.387 e. The Morgan fingerprint density at radius 3 is 2.61 bits per heavy atom. The summed E-state index contributed by atoms with van der Waals surface area (Å²) in [5.41, 5.74) is 5.25. The maximum absolute atomic E-state index is 9.90. The van der Waals surface area contributed by atoms with Crippen LogP contribution in [0, 0.1) is 40.4 Å². The molecule has 0 spiro atoms. The van der Waals surface area contributed by atoms with E-state index in [9.17, 15) is 5.11 Å². The predicted molar refractivity (Wildman–Crippen MR) is 127 cm³/mol. The lowest BCUT2D eigenvalue weighted by molar-refractivity contribution is 0.185. The number of rotatable bonds is 6. The van der Waals surface area contributed by atoms with Gasteiger partial charge in [0.25, 0.3) is 0 Å². The van der Waals surface area contributed by atoms with Gasteiger partial charge in [0.2, 0.25) is 0 Å². The minimum atomic E-state index is -0.582. The summed E-state index contributed by atoms with van der Waals surface area (Å²) in [6.45, 7) is 12.6. The summed E-state index contributed by atoms with van der Waals surface area (Å²) in [6.07, 6.45) is 9.61. The normalized spacial score (nSPS) is 25.5. The molecule has 160 valence electrons. The van der Waals surface area contributed by atoms with Gasteiger partial charge in [0.15, 0.2) is 0 Å². The molecule has 0 aliphatic heterocycles. The molecule has 0 heterocycles. The van der Waals surface area contributed by atoms with E-state index in [-0.39, 0.29) is 5.41 Å². The highest BCUT2D eigenvalue weighted by atomic mass is 16.3. The van der Waals surface area contributed by atoms with Crippen molar-refractivity contribution in [3.8, 4) is 17.9 Å². The van der Waals surface area contributed by atoms with E-state index in [1.54, 1.807) is 6.92 Å². The maximum Gasteiger partial charge on any atom is 0.0905 e. The smallest absolute Gasteiger partial charge is 0.0905 e. The van der Waals surface area contributed by atoms with Gasteiger partial charge in [-0.3, -0.25) is 0 Å². The van der Waals surface area contributed by atoms with Crippen LogP contribution in [0.4, 0.5) is 0 Å². The molecule has 2 atom stereocenters. The first-order valence-corrected chi connectivity index (χ1v) is 11.0. The molecule has 1 fully saturated rings. The van der Waals surface area contributed by atoms with Crippen molar-refractivity contribution in [3.63, 3.8) is 0 Å². The van der Waals surface area contributed by atoms with E-state index < -0.39 is 6.10 Å². The number of hydrogen-bond donors (Lipinski definition) is 1. The van der Waals surface area contributed by atoms with Crippen LogP contribution < -0.4 is 0 Å².